The van der Waals surface area contributed by atoms with Crippen LogP contribution in [0.2, 0.25) is 0 Å². The van der Waals surface area contributed by atoms with Crippen molar-refractivity contribution in [2.45, 2.75) is 13.3 Å². The van der Waals surface area contributed by atoms with Crippen LogP contribution in [0.15, 0.2) is 28.7 Å². The average Bonchev–Trinajstić information content (AvgIpc) is 2.72. The van der Waals surface area contributed by atoms with Crippen LogP contribution in [0, 0.1) is 9.58 Å². The van der Waals surface area contributed by atoms with Gasteiger partial charge in [0.2, 0.25) is 5.89 Å². The molecule has 0 fully saturated rings. The highest BCUT2D eigenvalue weighted by Gasteiger charge is 2.16. The van der Waals surface area contributed by atoms with Gasteiger partial charge in [-0.2, -0.15) is 0 Å². The molecule has 0 amide bonds. The van der Waals surface area contributed by atoms with Crippen LogP contribution < -0.4 is 0 Å². The van der Waals surface area contributed by atoms with Gasteiger partial charge in [0.25, 0.3) is 0 Å². The van der Waals surface area contributed by atoms with E-state index in [2.05, 4.69) is 4.98 Å². The Morgan fingerprint density at radius 1 is 1.42 bits per heavy atom. The number of carbonyl (C=O) groups excluding carboxylic acids is 1. The summed E-state index contributed by atoms with van der Waals surface area (Å²) < 4.78 is 23.7. The number of hydrogen-bond donors (Lipinski definition) is 0. The molecular formula is C13H11FINO3. The van der Waals surface area contributed by atoms with Crippen molar-refractivity contribution >= 4 is 28.6 Å². The maximum atomic E-state index is 12.8. The number of esters is 1. The van der Waals surface area contributed by atoms with Gasteiger partial charge in [0, 0.05) is 28.2 Å². The lowest BCUT2D eigenvalue weighted by molar-refractivity contribution is -0.142. The van der Waals surface area contributed by atoms with E-state index in [9.17, 15) is 9.18 Å². The predicted octanol–water partition coefficient (Wildman–Crippen LogP) is 3.19. The molecule has 100 valence electrons. The molecule has 0 spiro atoms. The summed E-state index contributed by atoms with van der Waals surface area (Å²) in [6.45, 7) is 2.08. The van der Waals surface area contributed by atoms with Crippen molar-refractivity contribution in [1.29, 1.82) is 0 Å². The van der Waals surface area contributed by atoms with Crippen molar-refractivity contribution in [3.8, 4) is 11.5 Å². The van der Waals surface area contributed by atoms with Crippen molar-refractivity contribution in [2.75, 3.05) is 6.61 Å². The van der Waals surface area contributed by atoms with E-state index >= 15 is 0 Å². The molecule has 0 N–H and O–H groups in total. The summed E-state index contributed by atoms with van der Waals surface area (Å²) in [5.74, 6) is -0.306. The maximum Gasteiger partial charge on any atom is 0.312 e. The predicted molar refractivity (Wildman–Crippen MR) is 75.0 cm³/mol. The third-order valence-electron chi connectivity index (χ3n) is 2.36. The molecule has 0 atom stereocenters. The van der Waals surface area contributed by atoms with E-state index in [1.54, 1.807) is 19.1 Å². The molecule has 19 heavy (non-hydrogen) atoms. The zero-order valence-corrected chi connectivity index (χ0v) is 12.3. The molecule has 1 heterocycles. The van der Waals surface area contributed by atoms with Gasteiger partial charge in [-0.1, -0.05) is 0 Å². The number of hydrogen-bond acceptors (Lipinski definition) is 4. The van der Waals surface area contributed by atoms with E-state index in [0.29, 0.717) is 27.5 Å². The molecular weight excluding hydrogens is 364 g/mol. The molecule has 2 aromatic rings. The van der Waals surface area contributed by atoms with Gasteiger partial charge in [-0.15, -0.1) is 0 Å². The van der Waals surface area contributed by atoms with Crippen molar-refractivity contribution in [2.24, 2.45) is 0 Å². The SMILES string of the molecule is CCOC(=O)Cc1nc(-c2ccc(F)cc2)oc1I. The fourth-order valence-corrected chi connectivity index (χ4v) is 2.03. The van der Waals surface area contributed by atoms with Crippen molar-refractivity contribution < 1.29 is 18.3 Å². The highest BCUT2D eigenvalue weighted by molar-refractivity contribution is 14.1. The molecule has 1 aromatic carbocycles. The molecule has 1 aromatic heterocycles. The van der Waals surface area contributed by atoms with Crippen molar-refractivity contribution in [1.82, 2.24) is 4.98 Å². The van der Waals surface area contributed by atoms with Crippen LogP contribution in [0.1, 0.15) is 12.6 Å². The number of aromatic nitrogens is 1. The highest BCUT2D eigenvalue weighted by atomic mass is 127. The van der Waals surface area contributed by atoms with E-state index < -0.39 is 0 Å². The molecule has 4 nitrogen and oxygen atoms in total. The average molecular weight is 375 g/mol. The number of rotatable bonds is 4. The van der Waals surface area contributed by atoms with Gasteiger partial charge in [-0.25, -0.2) is 9.37 Å². The quantitative estimate of drug-likeness (QED) is 0.609. The summed E-state index contributed by atoms with van der Waals surface area (Å²) in [4.78, 5) is 15.6. The third kappa shape index (κ3) is 3.52. The van der Waals surface area contributed by atoms with Gasteiger partial charge in [0.1, 0.15) is 11.5 Å². The first-order valence-electron chi connectivity index (χ1n) is 5.67. The number of benzene rings is 1. The van der Waals surface area contributed by atoms with Crippen LogP contribution in [-0.2, 0) is 16.0 Å². The second-order valence-corrected chi connectivity index (χ2v) is 4.71. The molecule has 0 saturated heterocycles. The summed E-state index contributed by atoms with van der Waals surface area (Å²) in [6.07, 6.45) is 0.0663. The Morgan fingerprint density at radius 2 is 2.11 bits per heavy atom. The number of nitrogens with zero attached hydrogens (tertiary/aromatic N) is 1. The Hall–Kier alpha value is -1.44. The monoisotopic (exact) mass is 375 g/mol. The number of carbonyl (C=O) groups is 1. The normalized spacial score (nSPS) is 10.5. The largest absolute Gasteiger partial charge is 0.466 e. The fraction of sp³-hybridized carbons (Fsp3) is 0.231. The maximum absolute atomic E-state index is 12.8. The molecule has 0 unspecified atom stereocenters. The lowest BCUT2D eigenvalue weighted by Crippen LogP contribution is -2.08. The molecule has 0 aliphatic heterocycles. The second-order valence-electron chi connectivity index (χ2n) is 3.73. The van der Waals surface area contributed by atoms with E-state index in [1.807, 2.05) is 22.6 Å². The standard InChI is InChI=1S/C13H11FINO3/c1-2-18-11(17)7-10-12(15)19-13(16-10)8-3-5-9(14)6-4-8/h3-6H,2,7H2,1H3. The summed E-state index contributed by atoms with van der Waals surface area (Å²) in [5.41, 5.74) is 1.19. The van der Waals surface area contributed by atoms with Crippen LogP contribution in [0.3, 0.4) is 0 Å². The Bertz CT molecular complexity index is 580. The molecule has 0 radical (unpaired) electrons. The minimum atomic E-state index is -0.348. The molecule has 0 aliphatic carbocycles. The minimum Gasteiger partial charge on any atom is -0.466 e. The van der Waals surface area contributed by atoms with Crippen LogP contribution in [0.25, 0.3) is 11.5 Å². The van der Waals surface area contributed by atoms with E-state index in [1.165, 1.54) is 12.1 Å². The molecule has 2 rings (SSSR count). The van der Waals surface area contributed by atoms with Crippen molar-refractivity contribution in [3.05, 3.63) is 39.5 Å². The Labute approximate surface area is 123 Å². The number of ether oxygens (including phenoxy) is 1. The van der Waals surface area contributed by atoms with Gasteiger partial charge < -0.3 is 9.15 Å². The molecule has 0 aliphatic rings. The summed E-state index contributed by atoms with van der Waals surface area (Å²) >= 11 is 1.97. The topological polar surface area (TPSA) is 52.3 Å². The van der Waals surface area contributed by atoms with Gasteiger partial charge in [-0.05, 0) is 31.2 Å². The molecule has 6 heteroatoms. The van der Waals surface area contributed by atoms with Gasteiger partial charge in [0.05, 0.1) is 13.0 Å². The van der Waals surface area contributed by atoms with Gasteiger partial charge >= 0.3 is 5.97 Å². The van der Waals surface area contributed by atoms with E-state index in [0.717, 1.165) is 0 Å². The van der Waals surface area contributed by atoms with Crippen LogP contribution in [0.5, 0.6) is 0 Å². The number of oxazole rings is 1. The first-order chi connectivity index (χ1) is 9.10. The number of halogens is 2. The van der Waals surface area contributed by atoms with Crippen LogP contribution >= 0.6 is 22.6 Å². The van der Waals surface area contributed by atoms with E-state index in [4.69, 9.17) is 9.15 Å². The Morgan fingerprint density at radius 3 is 2.74 bits per heavy atom. The summed E-state index contributed by atoms with van der Waals surface area (Å²) in [7, 11) is 0. The van der Waals surface area contributed by atoms with Crippen molar-refractivity contribution in [3.63, 3.8) is 0 Å². The first-order valence-corrected chi connectivity index (χ1v) is 6.74. The summed E-state index contributed by atoms with van der Waals surface area (Å²) in [5, 5.41) is 0. The van der Waals surface area contributed by atoms with Crippen LogP contribution in [0.4, 0.5) is 4.39 Å². The second kappa shape index (κ2) is 6.14. The minimum absolute atomic E-state index is 0.0663. The third-order valence-corrected chi connectivity index (χ3v) is 3.20. The fourth-order valence-electron chi connectivity index (χ4n) is 1.51. The smallest absolute Gasteiger partial charge is 0.312 e. The highest BCUT2D eigenvalue weighted by Crippen LogP contribution is 2.24. The van der Waals surface area contributed by atoms with Gasteiger partial charge in [-0.3, -0.25) is 4.79 Å². The zero-order valence-electron chi connectivity index (χ0n) is 10.2. The molecule has 0 bridgehead atoms. The lowest BCUT2D eigenvalue weighted by Gasteiger charge is -1.98. The van der Waals surface area contributed by atoms with Gasteiger partial charge in [0.15, 0.2) is 3.77 Å². The zero-order chi connectivity index (χ0) is 13.8. The van der Waals surface area contributed by atoms with E-state index in [-0.39, 0.29) is 18.2 Å². The lowest BCUT2D eigenvalue weighted by atomic mass is 10.2. The van der Waals surface area contributed by atoms with Crippen LogP contribution in [-0.4, -0.2) is 17.6 Å². The first kappa shape index (κ1) is 14.0. The molecule has 0 saturated carbocycles. The summed E-state index contributed by atoms with van der Waals surface area (Å²) in [6, 6.07) is 5.81. The Balaban J connectivity index is 2.21. The Kier molecular flexibility index (Phi) is 4.52.